The lowest BCUT2D eigenvalue weighted by molar-refractivity contribution is 0.101. The van der Waals surface area contributed by atoms with Crippen LogP contribution in [0.5, 0.6) is 0 Å². The number of carbonyl (C=O) groups excluding carboxylic acids is 2. The number of hydrogen-bond donors (Lipinski definition) is 2. The minimum absolute atomic E-state index is 0.000335. The largest absolute Gasteiger partial charge is 0.372 e. The van der Waals surface area contributed by atoms with Crippen LogP contribution in [-0.2, 0) is 6.54 Å². The first-order valence-corrected chi connectivity index (χ1v) is 13.0. The smallest absolute Gasteiger partial charge is 0.258 e. The van der Waals surface area contributed by atoms with Crippen LogP contribution in [0.4, 0.5) is 21.5 Å². The first kappa shape index (κ1) is 26.4. The molecule has 0 spiro atoms. The monoisotopic (exact) mass is 502 g/mol. The van der Waals surface area contributed by atoms with Gasteiger partial charge in [-0.2, -0.15) is 0 Å². The summed E-state index contributed by atoms with van der Waals surface area (Å²) in [6, 6.07) is 17.5. The summed E-state index contributed by atoms with van der Waals surface area (Å²) in [5, 5.41) is 5.72. The van der Waals surface area contributed by atoms with Gasteiger partial charge in [0.1, 0.15) is 5.82 Å². The Hall–Kier alpha value is -3.71. The Kier molecular flexibility index (Phi) is 8.56. The van der Waals surface area contributed by atoms with E-state index < -0.39 is 11.7 Å². The van der Waals surface area contributed by atoms with E-state index in [1.54, 1.807) is 24.3 Å². The molecule has 0 saturated carbocycles. The van der Waals surface area contributed by atoms with E-state index in [0.717, 1.165) is 62.4 Å². The number of halogens is 1. The lowest BCUT2D eigenvalue weighted by Crippen LogP contribution is -2.22. The van der Waals surface area contributed by atoms with Crippen molar-refractivity contribution in [2.24, 2.45) is 0 Å². The molecule has 4 rings (SSSR count). The Labute approximate surface area is 218 Å². The third-order valence-corrected chi connectivity index (χ3v) is 6.93. The quantitative estimate of drug-likeness (QED) is 0.372. The molecule has 0 aliphatic carbocycles. The summed E-state index contributed by atoms with van der Waals surface area (Å²) in [6.45, 7) is 10.8. The zero-order valence-electron chi connectivity index (χ0n) is 21.8. The van der Waals surface area contributed by atoms with E-state index in [1.807, 2.05) is 37.3 Å². The van der Waals surface area contributed by atoms with Gasteiger partial charge in [-0.15, -0.1) is 0 Å². The van der Waals surface area contributed by atoms with Crippen molar-refractivity contribution in [3.63, 3.8) is 0 Å². The zero-order chi connectivity index (χ0) is 26.4. The fourth-order valence-corrected chi connectivity index (χ4v) is 4.55. The van der Waals surface area contributed by atoms with E-state index in [-0.39, 0.29) is 11.5 Å². The molecule has 37 heavy (non-hydrogen) atoms. The molecule has 7 heteroatoms. The molecular weight excluding hydrogens is 467 g/mol. The molecule has 1 aliphatic rings. The summed E-state index contributed by atoms with van der Waals surface area (Å²) < 4.78 is 14.5. The number of rotatable bonds is 9. The van der Waals surface area contributed by atoms with Gasteiger partial charge in [0.25, 0.3) is 11.8 Å². The standard InChI is InChI=1S/C30H35FN4O2/c1-4-34(5-2)20-22-9-11-23(12-10-22)29(36)33-28-18-24(13-8-21(28)3)32-30(37)26-19-25(14-15-27(26)31)35-16-6-7-17-35/h8-15,18-19H,4-7,16-17,20H2,1-3H3,(H,32,37)(H,33,36). The van der Waals surface area contributed by atoms with Gasteiger partial charge in [0, 0.05) is 42.3 Å². The molecule has 1 aliphatic heterocycles. The number of nitrogens with zero attached hydrogens (tertiary/aromatic N) is 2. The Balaban J connectivity index is 1.44. The molecule has 1 fully saturated rings. The normalized spacial score (nSPS) is 13.2. The Morgan fingerprint density at radius 3 is 2.27 bits per heavy atom. The van der Waals surface area contributed by atoms with Crippen molar-refractivity contribution in [1.82, 2.24) is 4.90 Å². The molecule has 0 bridgehead atoms. The summed E-state index contributed by atoms with van der Waals surface area (Å²) in [6.07, 6.45) is 2.19. The molecule has 0 atom stereocenters. The minimum Gasteiger partial charge on any atom is -0.372 e. The fraction of sp³-hybridized carbons (Fsp3) is 0.333. The molecule has 6 nitrogen and oxygen atoms in total. The second-order valence-electron chi connectivity index (χ2n) is 9.45. The molecule has 0 radical (unpaired) electrons. The highest BCUT2D eigenvalue weighted by Gasteiger charge is 2.18. The van der Waals surface area contributed by atoms with E-state index in [2.05, 4.69) is 34.3 Å². The topological polar surface area (TPSA) is 64.7 Å². The summed E-state index contributed by atoms with van der Waals surface area (Å²) in [5.41, 5.74) is 4.48. The van der Waals surface area contributed by atoms with Crippen LogP contribution in [-0.4, -0.2) is 42.9 Å². The van der Waals surface area contributed by atoms with Gasteiger partial charge in [-0.05, 0) is 86.4 Å². The van der Waals surface area contributed by atoms with Crippen LogP contribution < -0.4 is 15.5 Å². The van der Waals surface area contributed by atoms with Crippen molar-refractivity contribution in [2.75, 3.05) is 41.7 Å². The summed E-state index contributed by atoms with van der Waals surface area (Å²) in [5.74, 6) is -1.32. The van der Waals surface area contributed by atoms with Gasteiger partial charge in [0.2, 0.25) is 0 Å². The maximum Gasteiger partial charge on any atom is 0.258 e. The van der Waals surface area contributed by atoms with Crippen LogP contribution >= 0.6 is 0 Å². The highest BCUT2D eigenvalue weighted by Crippen LogP contribution is 2.25. The zero-order valence-corrected chi connectivity index (χ0v) is 21.8. The molecule has 3 aromatic carbocycles. The molecule has 2 amide bonds. The predicted octanol–water partition coefficient (Wildman–Crippen LogP) is 6.08. The number of hydrogen-bond acceptors (Lipinski definition) is 4. The van der Waals surface area contributed by atoms with Gasteiger partial charge in [-0.3, -0.25) is 14.5 Å². The Morgan fingerprint density at radius 2 is 1.59 bits per heavy atom. The number of nitrogens with one attached hydrogen (secondary N) is 2. The first-order valence-electron chi connectivity index (χ1n) is 13.0. The Morgan fingerprint density at radius 1 is 0.892 bits per heavy atom. The van der Waals surface area contributed by atoms with Crippen molar-refractivity contribution >= 4 is 28.9 Å². The Bertz CT molecular complexity index is 1250. The van der Waals surface area contributed by atoms with Gasteiger partial charge in [-0.25, -0.2) is 4.39 Å². The van der Waals surface area contributed by atoms with Gasteiger partial charge in [-0.1, -0.05) is 32.0 Å². The van der Waals surface area contributed by atoms with E-state index in [1.165, 1.54) is 6.07 Å². The highest BCUT2D eigenvalue weighted by molar-refractivity contribution is 6.07. The average molecular weight is 503 g/mol. The first-order chi connectivity index (χ1) is 17.9. The van der Waals surface area contributed by atoms with Gasteiger partial charge in [0.15, 0.2) is 0 Å². The second-order valence-corrected chi connectivity index (χ2v) is 9.45. The molecule has 2 N–H and O–H groups in total. The van der Waals surface area contributed by atoms with Crippen LogP contribution in [0, 0.1) is 12.7 Å². The van der Waals surface area contributed by atoms with Crippen LogP contribution in [0.25, 0.3) is 0 Å². The summed E-state index contributed by atoms with van der Waals surface area (Å²) in [7, 11) is 0. The molecule has 194 valence electrons. The van der Waals surface area contributed by atoms with Crippen molar-refractivity contribution in [3.05, 3.63) is 88.7 Å². The van der Waals surface area contributed by atoms with Crippen LogP contribution in [0.2, 0.25) is 0 Å². The van der Waals surface area contributed by atoms with Gasteiger partial charge in [0.05, 0.1) is 5.56 Å². The number of benzene rings is 3. The third-order valence-electron chi connectivity index (χ3n) is 6.93. The van der Waals surface area contributed by atoms with Crippen LogP contribution in [0.1, 0.15) is 58.5 Å². The summed E-state index contributed by atoms with van der Waals surface area (Å²) >= 11 is 0. The van der Waals surface area contributed by atoms with Gasteiger partial charge < -0.3 is 15.5 Å². The molecule has 3 aromatic rings. The third kappa shape index (κ3) is 6.54. The van der Waals surface area contributed by atoms with Crippen molar-refractivity contribution in [3.8, 4) is 0 Å². The van der Waals surface area contributed by atoms with Gasteiger partial charge >= 0.3 is 0 Å². The number of anilines is 3. The lowest BCUT2D eigenvalue weighted by atomic mass is 10.1. The van der Waals surface area contributed by atoms with E-state index >= 15 is 0 Å². The fourth-order valence-electron chi connectivity index (χ4n) is 4.55. The van der Waals surface area contributed by atoms with Crippen molar-refractivity contribution < 1.29 is 14.0 Å². The highest BCUT2D eigenvalue weighted by atomic mass is 19.1. The lowest BCUT2D eigenvalue weighted by Gasteiger charge is -2.18. The van der Waals surface area contributed by atoms with Crippen LogP contribution in [0.15, 0.2) is 60.7 Å². The second kappa shape index (κ2) is 12.0. The maximum atomic E-state index is 14.5. The molecule has 1 saturated heterocycles. The van der Waals surface area contributed by atoms with E-state index in [0.29, 0.717) is 16.9 Å². The average Bonchev–Trinajstić information content (AvgIpc) is 3.45. The maximum absolute atomic E-state index is 14.5. The SMILES string of the molecule is CCN(CC)Cc1ccc(C(=O)Nc2cc(NC(=O)c3cc(N4CCCC4)ccc3F)ccc2C)cc1. The predicted molar refractivity (Wildman–Crippen MR) is 148 cm³/mol. The number of aryl methyl sites for hydroxylation is 1. The molecule has 0 unspecified atom stereocenters. The molecule has 0 aromatic heterocycles. The molecule has 1 heterocycles. The minimum atomic E-state index is -0.564. The number of amides is 2. The van der Waals surface area contributed by atoms with Crippen molar-refractivity contribution in [2.45, 2.75) is 40.2 Å². The van der Waals surface area contributed by atoms with Crippen LogP contribution in [0.3, 0.4) is 0 Å². The van der Waals surface area contributed by atoms with Crippen molar-refractivity contribution in [1.29, 1.82) is 0 Å². The molecular formula is C30H35FN4O2. The van der Waals surface area contributed by atoms with E-state index in [4.69, 9.17) is 0 Å². The van der Waals surface area contributed by atoms with E-state index in [9.17, 15) is 14.0 Å². The summed E-state index contributed by atoms with van der Waals surface area (Å²) in [4.78, 5) is 30.3. The number of carbonyl (C=O) groups is 2.